The van der Waals surface area contributed by atoms with E-state index in [-0.39, 0.29) is 0 Å². The molecular formula is C18H25NS. The van der Waals surface area contributed by atoms with Gasteiger partial charge < -0.3 is 5.32 Å². The average molecular weight is 287 g/mol. The number of hydrogen-bond acceptors (Lipinski definition) is 2. The number of rotatable bonds is 5. The van der Waals surface area contributed by atoms with Gasteiger partial charge in [0.25, 0.3) is 0 Å². The molecule has 0 aliphatic rings. The largest absolute Gasteiger partial charge is 0.310 e. The fraction of sp³-hybridized carbons (Fsp3) is 0.444. The Kier molecular flexibility index (Phi) is 5.00. The summed E-state index contributed by atoms with van der Waals surface area (Å²) in [7, 11) is 0. The number of hydrogen-bond donors (Lipinski definition) is 1. The zero-order chi connectivity index (χ0) is 14.7. The molecule has 0 fully saturated rings. The highest BCUT2D eigenvalue weighted by Gasteiger charge is 2.07. The molecule has 1 aromatic heterocycles. The van der Waals surface area contributed by atoms with Gasteiger partial charge in [-0.25, -0.2) is 0 Å². The van der Waals surface area contributed by atoms with Crippen molar-refractivity contribution in [2.75, 3.05) is 0 Å². The lowest BCUT2D eigenvalue weighted by molar-refractivity contribution is 0.547. The van der Waals surface area contributed by atoms with E-state index in [0.717, 1.165) is 13.0 Å². The van der Waals surface area contributed by atoms with Crippen molar-refractivity contribution in [2.45, 2.75) is 53.6 Å². The third-order valence-electron chi connectivity index (χ3n) is 3.90. The second kappa shape index (κ2) is 6.55. The zero-order valence-corrected chi connectivity index (χ0v) is 14.0. The van der Waals surface area contributed by atoms with Crippen LogP contribution in [0.3, 0.4) is 0 Å². The molecule has 0 aliphatic heterocycles. The maximum absolute atomic E-state index is 3.65. The molecule has 2 rings (SSSR count). The molecule has 0 spiro atoms. The van der Waals surface area contributed by atoms with Crippen LogP contribution in [-0.4, -0.2) is 6.04 Å². The molecule has 1 atom stereocenters. The Morgan fingerprint density at radius 3 is 2.35 bits per heavy atom. The van der Waals surface area contributed by atoms with Gasteiger partial charge >= 0.3 is 0 Å². The van der Waals surface area contributed by atoms with Crippen LogP contribution in [0.15, 0.2) is 24.3 Å². The second-order valence-electron chi connectivity index (χ2n) is 5.86. The molecule has 1 N–H and O–H groups in total. The maximum atomic E-state index is 3.65. The highest BCUT2D eigenvalue weighted by Crippen LogP contribution is 2.18. The van der Waals surface area contributed by atoms with Gasteiger partial charge in [0, 0.05) is 22.3 Å². The van der Waals surface area contributed by atoms with E-state index >= 15 is 0 Å². The molecule has 1 heterocycles. The molecule has 1 aromatic carbocycles. The summed E-state index contributed by atoms with van der Waals surface area (Å²) in [5, 5.41) is 3.65. The molecule has 0 radical (unpaired) electrons. The predicted octanol–water partition coefficient (Wildman–Crippen LogP) is 4.70. The van der Waals surface area contributed by atoms with Gasteiger partial charge in [-0.15, -0.1) is 11.3 Å². The minimum Gasteiger partial charge on any atom is -0.310 e. The fourth-order valence-electron chi connectivity index (χ4n) is 2.46. The van der Waals surface area contributed by atoms with Gasteiger partial charge in [0.2, 0.25) is 0 Å². The SMILES string of the molecule is Cc1ccc(CC(C)NCc2cc(C)c(C)cc2C)s1. The molecule has 2 heteroatoms. The van der Waals surface area contributed by atoms with Crippen molar-refractivity contribution >= 4 is 11.3 Å². The maximum Gasteiger partial charge on any atom is 0.0210 e. The fourth-order valence-corrected chi connectivity index (χ4v) is 3.48. The number of nitrogens with one attached hydrogen (secondary N) is 1. The first-order valence-electron chi connectivity index (χ1n) is 7.31. The van der Waals surface area contributed by atoms with Crippen molar-refractivity contribution in [3.8, 4) is 0 Å². The first kappa shape index (κ1) is 15.3. The molecule has 108 valence electrons. The molecule has 0 amide bonds. The van der Waals surface area contributed by atoms with Crippen molar-refractivity contribution in [3.05, 3.63) is 56.3 Å². The van der Waals surface area contributed by atoms with Gasteiger partial charge in [-0.3, -0.25) is 0 Å². The first-order valence-corrected chi connectivity index (χ1v) is 8.13. The van der Waals surface area contributed by atoms with E-state index in [4.69, 9.17) is 0 Å². The molecular weight excluding hydrogens is 262 g/mol. The normalized spacial score (nSPS) is 12.7. The highest BCUT2D eigenvalue weighted by molar-refractivity contribution is 7.11. The monoisotopic (exact) mass is 287 g/mol. The summed E-state index contributed by atoms with van der Waals surface area (Å²) in [6, 6.07) is 9.58. The zero-order valence-electron chi connectivity index (χ0n) is 13.2. The minimum absolute atomic E-state index is 0.508. The van der Waals surface area contributed by atoms with E-state index in [0.29, 0.717) is 6.04 Å². The average Bonchev–Trinajstić information content (AvgIpc) is 2.77. The van der Waals surface area contributed by atoms with Gasteiger partial charge in [-0.05, 0) is 75.4 Å². The third-order valence-corrected chi connectivity index (χ3v) is 4.92. The summed E-state index contributed by atoms with van der Waals surface area (Å²) in [6.07, 6.45) is 1.11. The van der Waals surface area contributed by atoms with Crippen molar-refractivity contribution < 1.29 is 0 Å². The molecule has 20 heavy (non-hydrogen) atoms. The molecule has 0 aliphatic carbocycles. The van der Waals surface area contributed by atoms with Crippen molar-refractivity contribution in [1.82, 2.24) is 5.32 Å². The summed E-state index contributed by atoms with van der Waals surface area (Å²) < 4.78 is 0. The summed E-state index contributed by atoms with van der Waals surface area (Å²) in [5.41, 5.74) is 5.57. The van der Waals surface area contributed by atoms with E-state index in [1.54, 1.807) is 0 Å². The van der Waals surface area contributed by atoms with Crippen LogP contribution in [0.2, 0.25) is 0 Å². The summed E-state index contributed by atoms with van der Waals surface area (Å²) >= 11 is 1.91. The second-order valence-corrected chi connectivity index (χ2v) is 7.23. The third kappa shape index (κ3) is 3.94. The highest BCUT2D eigenvalue weighted by atomic mass is 32.1. The first-order chi connectivity index (χ1) is 9.45. The minimum atomic E-state index is 0.508. The van der Waals surface area contributed by atoms with Crippen LogP contribution in [0.1, 0.15) is 38.9 Å². The van der Waals surface area contributed by atoms with Gasteiger partial charge in [0.15, 0.2) is 0 Å². The van der Waals surface area contributed by atoms with Crippen LogP contribution in [-0.2, 0) is 13.0 Å². The Balaban J connectivity index is 1.93. The van der Waals surface area contributed by atoms with E-state index in [1.807, 2.05) is 11.3 Å². The summed E-state index contributed by atoms with van der Waals surface area (Å²) in [4.78, 5) is 2.87. The van der Waals surface area contributed by atoms with Gasteiger partial charge in [-0.2, -0.15) is 0 Å². The van der Waals surface area contributed by atoms with Crippen LogP contribution in [0.25, 0.3) is 0 Å². The Morgan fingerprint density at radius 1 is 1.00 bits per heavy atom. The number of aryl methyl sites for hydroxylation is 4. The Labute approximate surface area is 127 Å². The topological polar surface area (TPSA) is 12.0 Å². The quantitative estimate of drug-likeness (QED) is 0.840. The van der Waals surface area contributed by atoms with Crippen LogP contribution in [0.5, 0.6) is 0 Å². The Hall–Kier alpha value is -1.12. The lowest BCUT2D eigenvalue weighted by atomic mass is 10.0. The van der Waals surface area contributed by atoms with Crippen LogP contribution in [0.4, 0.5) is 0 Å². The number of thiophene rings is 1. The van der Waals surface area contributed by atoms with E-state index < -0.39 is 0 Å². The molecule has 0 saturated carbocycles. The molecule has 0 bridgehead atoms. The lowest BCUT2D eigenvalue weighted by Crippen LogP contribution is -2.27. The smallest absolute Gasteiger partial charge is 0.0210 e. The Morgan fingerprint density at radius 2 is 1.70 bits per heavy atom. The van der Waals surface area contributed by atoms with E-state index in [1.165, 1.54) is 32.0 Å². The standard InChI is InChI=1S/C18H25NS/c1-12-8-14(3)17(9-13(12)2)11-19-15(4)10-18-7-6-16(5)20-18/h6-9,15,19H,10-11H2,1-5H3. The van der Waals surface area contributed by atoms with E-state index in [2.05, 4.69) is 64.2 Å². The lowest BCUT2D eigenvalue weighted by Gasteiger charge is -2.15. The van der Waals surface area contributed by atoms with Gasteiger partial charge in [0.05, 0.1) is 0 Å². The predicted molar refractivity (Wildman–Crippen MR) is 89.7 cm³/mol. The molecule has 0 saturated heterocycles. The number of benzene rings is 1. The molecule has 1 nitrogen and oxygen atoms in total. The van der Waals surface area contributed by atoms with E-state index in [9.17, 15) is 0 Å². The van der Waals surface area contributed by atoms with Crippen molar-refractivity contribution in [3.63, 3.8) is 0 Å². The van der Waals surface area contributed by atoms with Crippen molar-refractivity contribution in [2.24, 2.45) is 0 Å². The van der Waals surface area contributed by atoms with Gasteiger partial charge in [-0.1, -0.05) is 12.1 Å². The van der Waals surface area contributed by atoms with Crippen LogP contribution >= 0.6 is 11.3 Å². The Bertz CT molecular complexity index is 583. The van der Waals surface area contributed by atoms with Gasteiger partial charge in [0.1, 0.15) is 0 Å². The van der Waals surface area contributed by atoms with Crippen LogP contribution < -0.4 is 5.32 Å². The van der Waals surface area contributed by atoms with Crippen LogP contribution in [0, 0.1) is 27.7 Å². The molecule has 2 aromatic rings. The summed E-state index contributed by atoms with van der Waals surface area (Å²) in [6.45, 7) is 12.0. The van der Waals surface area contributed by atoms with Crippen molar-refractivity contribution in [1.29, 1.82) is 0 Å². The summed E-state index contributed by atoms with van der Waals surface area (Å²) in [5.74, 6) is 0. The molecule has 1 unspecified atom stereocenters.